The third kappa shape index (κ3) is 9.69. The quantitative estimate of drug-likeness (QED) is 0.379. The Morgan fingerprint density at radius 3 is 1.39 bits per heavy atom. The first kappa shape index (κ1) is 28.4. The Hall–Kier alpha value is -2.20. The van der Waals surface area contributed by atoms with Gasteiger partial charge in [-0.25, -0.2) is 19.6 Å². The minimum absolute atomic E-state index is 0.169. The van der Waals surface area contributed by atoms with Crippen LogP contribution in [0, 0.1) is 0 Å². The van der Waals surface area contributed by atoms with E-state index in [9.17, 15) is 9.59 Å². The Bertz CT molecular complexity index is 964. The molecule has 2 aliphatic rings. The molecule has 2 fully saturated rings. The van der Waals surface area contributed by atoms with E-state index >= 15 is 0 Å². The number of aromatic nitrogens is 2. The summed E-state index contributed by atoms with van der Waals surface area (Å²) in [5.74, 6) is 0.719. The summed E-state index contributed by atoms with van der Waals surface area (Å²) < 4.78 is 12.1. The lowest BCUT2D eigenvalue weighted by atomic mass is 10.2. The molecule has 2 aromatic rings. The fraction of sp³-hybridized carbons (Fsp3) is 0.538. The van der Waals surface area contributed by atoms with Crippen LogP contribution in [0.1, 0.15) is 77.3 Å². The van der Waals surface area contributed by atoms with Gasteiger partial charge in [0.2, 0.25) is 0 Å². The van der Waals surface area contributed by atoms with Gasteiger partial charge in [-0.3, -0.25) is 0 Å². The van der Waals surface area contributed by atoms with Crippen LogP contribution in [0.25, 0.3) is 0 Å². The van der Waals surface area contributed by atoms with Crippen molar-refractivity contribution in [3.63, 3.8) is 0 Å². The van der Waals surface area contributed by atoms with Crippen molar-refractivity contribution in [1.29, 1.82) is 0 Å². The van der Waals surface area contributed by atoms with Gasteiger partial charge in [-0.05, 0) is 110 Å². The first-order valence-electron chi connectivity index (χ1n) is 11.9. The molecule has 36 heavy (non-hydrogen) atoms. The number of alkyl carbamates (subject to hydrolysis) is 2. The van der Waals surface area contributed by atoms with Crippen LogP contribution in [0.3, 0.4) is 0 Å². The number of nitrogens with zero attached hydrogens (tertiary/aromatic N) is 2. The van der Waals surface area contributed by atoms with Gasteiger partial charge in [0.15, 0.2) is 0 Å². The molecule has 0 spiro atoms. The number of hydrogen-bond donors (Lipinski definition) is 2. The summed E-state index contributed by atoms with van der Waals surface area (Å²) in [4.78, 5) is 31.5. The fourth-order valence-corrected chi connectivity index (χ4v) is 4.05. The van der Waals surface area contributed by atoms with Crippen LogP contribution in [-0.4, -0.2) is 45.4 Å². The van der Waals surface area contributed by atoms with Gasteiger partial charge < -0.3 is 20.1 Å². The summed E-state index contributed by atoms with van der Waals surface area (Å²) in [6.45, 7) is 11.1. The Kier molecular flexibility index (Phi) is 9.03. The minimum atomic E-state index is -0.451. The van der Waals surface area contributed by atoms with E-state index in [1.807, 2.05) is 78.2 Å². The van der Waals surface area contributed by atoms with Crippen molar-refractivity contribution >= 4 is 44.0 Å². The maximum absolute atomic E-state index is 11.6. The van der Waals surface area contributed by atoms with Gasteiger partial charge in [-0.2, -0.15) is 0 Å². The first-order valence-corrected chi connectivity index (χ1v) is 13.5. The van der Waals surface area contributed by atoms with E-state index < -0.39 is 11.2 Å². The molecule has 4 atom stereocenters. The number of amides is 2. The number of hydrogen-bond acceptors (Lipinski definition) is 6. The molecule has 2 saturated carbocycles. The van der Waals surface area contributed by atoms with Crippen LogP contribution >= 0.6 is 31.9 Å². The van der Waals surface area contributed by atoms with E-state index in [1.54, 1.807) is 0 Å². The molecule has 8 nitrogen and oxygen atoms in total. The molecule has 2 N–H and O–H groups in total. The molecule has 0 aliphatic heterocycles. The maximum Gasteiger partial charge on any atom is 0.407 e. The predicted molar refractivity (Wildman–Crippen MR) is 145 cm³/mol. The lowest BCUT2D eigenvalue weighted by Crippen LogP contribution is -2.34. The molecule has 4 rings (SSSR count). The zero-order valence-corrected chi connectivity index (χ0v) is 24.6. The van der Waals surface area contributed by atoms with Gasteiger partial charge in [-0.1, -0.05) is 12.1 Å². The second-order valence-electron chi connectivity index (χ2n) is 11.0. The lowest BCUT2D eigenvalue weighted by molar-refractivity contribution is 0.0511. The predicted octanol–water partition coefficient (Wildman–Crippen LogP) is 6.45. The largest absolute Gasteiger partial charge is 0.444 e. The molecule has 2 amide bonds. The lowest BCUT2D eigenvalue weighted by Gasteiger charge is -2.19. The summed E-state index contributed by atoms with van der Waals surface area (Å²) in [6.07, 6.45) is 4.88. The molecule has 0 bridgehead atoms. The number of carbonyl (C=O) groups is 2. The van der Waals surface area contributed by atoms with Crippen LogP contribution in [0.5, 0.6) is 0 Å². The maximum atomic E-state index is 11.6. The molecule has 10 heteroatoms. The second-order valence-corrected chi connectivity index (χ2v) is 12.6. The third-order valence-electron chi connectivity index (χ3n) is 5.34. The van der Waals surface area contributed by atoms with Crippen molar-refractivity contribution < 1.29 is 19.1 Å². The van der Waals surface area contributed by atoms with Gasteiger partial charge in [0.05, 0.1) is 0 Å². The van der Waals surface area contributed by atoms with Crippen molar-refractivity contribution in [3.8, 4) is 0 Å². The van der Waals surface area contributed by atoms with Crippen molar-refractivity contribution in [3.05, 3.63) is 57.0 Å². The van der Waals surface area contributed by atoms with Crippen LogP contribution in [0.2, 0.25) is 0 Å². The SMILES string of the molecule is CC(C)(C)OC(=O)N[C@@H]1C[C@H]1c1ccc(Br)nc1.CC(C)(C)OC(=O)N[C@H]1C[C@@H]1c1ccc(Br)nc1. The van der Waals surface area contributed by atoms with Crippen molar-refractivity contribution in [2.24, 2.45) is 0 Å². The van der Waals surface area contributed by atoms with Crippen LogP contribution in [-0.2, 0) is 9.47 Å². The number of halogens is 2. The van der Waals surface area contributed by atoms with Gasteiger partial charge in [0.25, 0.3) is 0 Å². The summed E-state index contributed by atoms with van der Waals surface area (Å²) in [5.41, 5.74) is 1.40. The topological polar surface area (TPSA) is 102 Å². The van der Waals surface area contributed by atoms with Crippen molar-refractivity contribution in [2.75, 3.05) is 0 Å². The number of ether oxygens (including phenoxy) is 2. The highest BCUT2D eigenvalue weighted by molar-refractivity contribution is 9.10. The molecule has 2 aliphatic carbocycles. The van der Waals surface area contributed by atoms with E-state index in [1.165, 1.54) is 0 Å². The number of nitrogens with one attached hydrogen (secondary N) is 2. The number of carbonyl (C=O) groups excluding carboxylic acids is 2. The Morgan fingerprint density at radius 2 is 1.11 bits per heavy atom. The molecule has 196 valence electrons. The normalized spacial score (nSPS) is 22.4. The second kappa shape index (κ2) is 11.5. The monoisotopic (exact) mass is 624 g/mol. The average molecular weight is 626 g/mol. The molecule has 0 radical (unpaired) electrons. The highest BCUT2D eigenvalue weighted by atomic mass is 79.9. The molecular formula is C26H34Br2N4O4. The van der Waals surface area contributed by atoms with E-state index in [4.69, 9.17) is 9.47 Å². The fourth-order valence-electron chi connectivity index (χ4n) is 3.58. The summed E-state index contributed by atoms with van der Waals surface area (Å²) in [7, 11) is 0. The van der Waals surface area contributed by atoms with E-state index in [0.29, 0.717) is 11.8 Å². The zero-order valence-electron chi connectivity index (χ0n) is 21.5. The minimum Gasteiger partial charge on any atom is -0.444 e. The molecule has 2 aromatic heterocycles. The molecule has 0 aromatic carbocycles. The van der Waals surface area contributed by atoms with E-state index in [0.717, 1.165) is 33.2 Å². The molecular weight excluding hydrogens is 592 g/mol. The highest BCUT2D eigenvalue weighted by Gasteiger charge is 2.41. The van der Waals surface area contributed by atoms with Crippen LogP contribution in [0.15, 0.2) is 45.9 Å². The zero-order chi connectivity index (χ0) is 26.7. The van der Waals surface area contributed by atoms with Crippen LogP contribution < -0.4 is 10.6 Å². The Balaban J connectivity index is 0.000000201. The molecule has 0 unspecified atom stereocenters. The summed E-state index contributed by atoms with van der Waals surface area (Å²) in [5, 5.41) is 5.75. The van der Waals surface area contributed by atoms with Crippen molar-refractivity contribution in [1.82, 2.24) is 20.6 Å². The van der Waals surface area contributed by atoms with Crippen LogP contribution in [0.4, 0.5) is 9.59 Å². The van der Waals surface area contributed by atoms with Crippen molar-refractivity contribution in [2.45, 2.75) is 89.5 Å². The standard InChI is InChI=1S/2C13H17BrN2O2/c2*1-13(2,3)18-12(17)16-10-6-9(10)8-4-5-11(14)15-7-8/h2*4-5,7,9-10H,6H2,1-3H3,(H,16,17)/t2*9-,10+/m10/s1. The number of pyridine rings is 2. The summed E-state index contributed by atoms with van der Waals surface area (Å²) >= 11 is 6.61. The number of rotatable bonds is 4. The van der Waals surface area contributed by atoms with Gasteiger partial charge in [0.1, 0.15) is 20.4 Å². The molecule has 2 heterocycles. The Labute approximate surface area is 229 Å². The summed E-state index contributed by atoms with van der Waals surface area (Å²) in [6, 6.07) is 8.22. The smallest absolute Gasteiger partial charge is 0.407 e. The van der Waals surface area contributed by atoms with Gasteiger partial charge in [-0.15, -0.1) is 0 Å². The third-order valence-corrected chi connectivity index (χ3v) is 6.28. The Morgan fingerprint density at radius 1 is 0.750 bits per heavy atom. The molecule has 0 saturated heterocycles. The van der Waals surface area contributed by atoms with E-state index in [2.05, 4.69) is 52.5 Å². The van der Waals surface area contributed by atoms with Gasteiger partial charge >= 0.3 is 12.2 Å². The van der Waals surface area contributed by atoms with Gasteiger partial charge in [0, 0.05) is 36.3 Å². The highest BCUT2D eigenvalue weighted by Crippen LogP contribution is 2.41. The van der Waals surface area contributed by atoms with E-state index in [-0.39, 0.29) is 24.3 Å². The first-order chi connectivity index (χ1) is 16.7. The average Bonchev–Trinajstić information content (AvgIpc) is 3.64.